The van der Waals surface area contributed by atoms with Gasteiger partial charge in [-0.3, -0.25) is 9.69 Å². The summed E-state index contributed by atoms with van der Waals surface area (Å²) in [6, 6.07) is 8.54. The lowest BCUT2D eigenvalue weighted by atomic mass is 10.1. The molecule has 4 rings (SSSR count). The Bertz CT molecular complexity index is 1310. The molecule has 0 bridgehead atoms. The summed E-state index contributed by atoms with van der Waals surface area (Å²) in [5.41, 5.74) is 2.89. The number of aromatic nitrogens is 1. The van der Waals surface area contributed by atoms with E-state index in [9.17, 15) is 18.4 Å². The van der Waals surface area contributed by atoms with Crippen molar-refractivity contribution in [1.29, 1.82) is 0 Å². The van der Waals surface area contributed by atoms with Crippen molar-refractivity contribution in [1.82, 2.24) is 4.98 Å². The van der Waals surface area contributed by atoms with Crippen LogP contribution in [0.25, 0.3) is 6.08 Å². The van der Waals surface area contributed by atoms with Crippen molar-refractivity contribution in [3.63, 3.8) is 0 Å². The van der Waals surface area contributed by atoms with Gasteiger partial charge in [-0.2, -0.15) is 0 Å². The van der Waals surface area contributed by atoms with E-state index in [-0.39, 0.29) is 23.1 Å². The molecule has 6 nitrogen and oxygen atoms in total. The topological polar surface area (TPSA) is 71.9 Å². The average molecular weight is 453 g/mol. The zero-order valence-electron chi connectivity index (χ0n) is 17.3. The molecule has 162 valence electrons. The van der Waals surface area contributed by atoms with Crippen molar-refractivity contribution in [3.8, 4) is 0 Å². The summed E-state index contributed by atoms with van der Waals surface area (Å²) in [6.07, 6.45) is 1.39. The number of cyclic esters (lactones) is 1. The van der Waals surface area contributed by atoms with Gasteiger partial charge in [0.05, 0.1) is 16.9 Å². The molecule has 1 amide bonds. The largest absolute Gasteiger partial charge is 0.402 e. The van der Waals surface area contributed by atoms with Gasteiger partial charge in [0, 0.05) is 18.4 Å². The van der Waals surface area contributed by atoms with Crippen molar-refractivity contribution >= 4 is 46.0 Å². The molecule has 0 saturated carbocycles. The number of carbonyl (C=O) groups is 2. The standard InChI is InChI=1S/C23H17F2N3O3S/c1-12-5-4-6-20(13(12)2)28(14(3)29)23-26-16(11-32-23)10-19-22(30)31-21(27-19)17-8-7-15(24)9-18(17)25/h4-11H,1-3H3/b19-10+. The van der Waals surface area contributed by atoms with E-state index in [1.54, 1.807) is 5.38 Å². The molecule has 2 aromatic carbocycles. The van der Waals surface area contributed by atoms with E-state index in [0.29, 0.717) is 16.9 Å². The number of anilines is 2. The first-order valence-electron chi connectivity index (χ1n) is 9.55. The zero-order valence-corrected chi connectivity index (χ0v) is 18.2. The Hall–Kier alpha value is -3.72. The number of amides is 1. The number of nitrogens with zero attached hydrogens (tertiary/aromatic N) is 3. The normalized spacial score (nSPS) is 14.5. The molecule has 0 saturated heterocycles. The fourth-order valence-corrected chi connectivity index (χ4v) is 4.00. The predicted molar refractivity (Wildman–Crippen MR) is 118 cm³/mol. The number of hydrogen-bond donors (Lipinski definition) is 0. The van der Waals surface area contributed by atoms with Gasteiger partial charge in [0.1, 0.15) is 11.6 Å². The minimum absolute atomic E-state index is 0.0818. The van der Waals surface area contributed by atoms with Gasteiger partial charge in [-0.1, -0.05) is 12.1 Å². The van der Waals surface area contributed by atoms with Gasteiger partial charge >= 0.3 is 5.97 Å². The van der Waals surface area contributed by atoms with Gasteiger partial charge in [-0.15, -0.1) is 11.3 Å². The number of carbonyl (C=O) groups excluding carboxylic acids is 2. The van der Waals surface area contributed by atoms with Crippen LogP contribution in [0.3, 0.4) is 0 Å². The maximum Gasteiger partial charge on any atom is 0.363 e. The maximum absolute atomic E-state index is 14.0. The first-order valence-corrected chi connectivity index (χ1v) is 10.4. The Morgan fingerprint density at radius 2 is 1.97 bits per heavy atom. The van der Waals surface area contributed by atoms with Crippen LogP contribution in [0.2, 0.25) is 0 Å². The Morgan fingerprint density at radius 3 is 2.69 bits per heavy atom. The van der Waals surface area contributed by atoms with Crippen LogP contribution in [-0.2, 0) is 14.3 Å². The number of esters is 1. The molecule has 0 aliphatic carbocycles. The highest BCUT2D eigenvalue weighted by Crippen LogP contribution is 2.33. The number of benzene rings is 2. The molecule has 0 atom stereocenters. The third kappa shape index (κ3) is 4.06. The lowest BCUT2D eigenvalue weighted by Crippen LogP contribution is -2.23. The number of hydrogen-bond acceptors (Lipinski definition) is 6. The summed E-state index contributed by atoms with van der Waals surface area (Å²) >= 11 is 1.23. The van der Waals surface area contributed by atoms with E-state index in [2.05, 4.69) is 9.98 Å². The number of aliphatic imine (C=N–C) groups is 1. The number of thiazole rings is 1. The summed E-state index contributed by atoms with van der Waals surface area (Å²) < 4.78 is 32.2. The molecule has 0 fully saturated rings. The first kappa shape index (κ1) is 21.5. The van der Waals surface area contributed by atoms with E-state index in [1.807, 2.05) is 32.0 Å². The molecule has 0 unspecified atom stereocenters. The van der Waals surface area contributed by atoms with Crippen LogP contribution < -0.4 is 4.90 Å². The second kappa shape index (κ2) is 8.43. The molecule has 0 radical (unpaired) electrons. The predicted octanol–water partition coefficient (Wildman–Crippen LogP) is 5.07. The molecule has 9 heteroatoms. The van der Waals surface area contributed by atoms with Gasteiger partial charge < -0.3 is 4.74 Å². The van der Waals surface area contributed by atoms with Crippen LogP contribution >= 0.6 is 11.3 Å². The molecule has 0 N–H and O–H groups in total. The molecule has 1 aromatic heterocycles. The van der Waals surface area contributed by atoms with Crippen molar-refractivity contribution in [2.75, 3.05) is 4.90 Å². The van der Waals surface area contributed by atoms with Crippen molar-refractivity contribution in [3.05, 3.63) is 81.5 Å². The Balaban J connectivity index is 1.67. The second-order valence-electron chi connectivity index (χ2n) is 7.09. The Morgan fingerprint density at radius 1 is 1.19 bits per heavy atom. The SMILES string of the molecule is CC(=O)N(c1nc(/C=C2/N=C(c3ccc(F)cc3F)OC2=O)cs1)c1cccc(C)c1C. The molecule has 32 heavy (non-hydrogen) atoms. The van der Waals surface area contributed by atoms with Crippen molar-refractivity contribution < 1.29 is 23.1 Å². The Kier molecular flexibility index (Phi) is 5.67. The molecule has 1 aliphatic rings. The smallest absolute Gasteiger partial charge is 0.363 e. The Labute approximate surface area is 186 Å². The van der Waals surface area contributed by atoms with E-state index in [1.165, 1.54) is 29.2 Å². The van der Waals surface area contributed by atoms with Gasteiger partial charge in [0.25, 0.3) is 0 Å². The summed E-state index contributed by atoms with van der Waals surface area (Å²) in [7, 11) is 0. The van der Waals surface area contributed by atoms with Crippen LogP contribution in [0.15, 0.2) is 52.5 Å². The summed E-state index contributed by atoms with van der Waals surface area (Å²) in [5.74, 6) is -2.88. The fourth-order valence-electron chi connectivity index (χ4n) is 3.16. The van der Waals surface area contributed by atoms with Gasteiger partial charge in [0.15, 0.2) is 10.8 Å². The monoisotopic (exact) mass is 453 g/mol. The lowest BCUT2D eigenvalue weighted by Gasteiger charge is -2.21. The maximum atomic E-state index is 14.0. The number of halogens is 2. The molecule has 2 heterocycles. The third-order valence-corrected chi connectivity index (χ3v) is 5.74. The summed E-state index contributed by atoms with van der Waals surface area (Å²) in [4.78, 5) is 34.6. The van der Waals surface area contributed by atoms with Crippen LogP contribution in [-0.4, -0.2) is 22.8 Å². The highest BCUT2D eigenvalue weighted by Gasteiger charge is 2.27. The molecule has 1 aliphatic heterocycles. The van der Waals surface area contributed by atoms with Crippen LogP contribution in [0.4, 0.5) is 19.6 Å². The number of ether oxygens (including phenoxy) is 1. The highest BCUT2D eigenvalue weighted by molar-refractivity contribution is 7.14. The fraction of sp³-hybridized carbons (Fsp3) is 0.130. The van der Waals surface area contributed by atoms with E-state index in [0.717, 1.165) is 28.9 Å². The molecular weight excluding hydrogens is 436 g/mol. The molecular formula is C23H17F2N3O3S. The zero-order chi connectivity index (χ0) is 23.0. The van der Waals surface area contributed by atoms with Gasteiger partial charge in [-0.25, -0.2) is 23.6 Å². The summed E-state index contributed by atoms with van der Waals surface area (Å²) in [6.45, 7) is 5.33. The van der Waals surface area contributed by atoms with Crippen molar-refractivity contribution in [2.45, 2.75) is 20.8 Å². The van der Waals surface area contributed by atoms with Crippen molar-refractivity contribution in [2.24, 2.45) is 4.99 Å². The second-order valence-corrected chi connectivity index (χ2v) is 7.93. The summed E-state index contributed by atoms with van der Waals surface area (Å²) in [5, 5.41) is 2.10. The average Bonchev–Trinajstić information content (AvgIpc) is 3.32. The minimum atomic E-state index is -0.889. The van der Waals surface area contributed by atoms with Crippen LogP contribution in [0, 0.1) is 25.5 Å². The minimum Gasteiger partial charge on any atom is -0.402 e. The van der Waals surface area contributed by atoms with Gasteiger partial charge in [0.2, 0.25) is 11.8 Å². The van der Waals surface area contributed by atoms with E-state index < -0.39 is 17.6 Å². The quantitative estimate of drug-likeness (QED) is 0.409. The van der Waals surface area contributed by atoms with E-state index in [4.69, 9.17) is 4.74 Å². The third-order valence-electron chi connectivity index (χ3n) is 4.90. The highest BCUT2D eigenvalue weighted by atomic mass is 32.1. The van der Waals surface area contributed by atoms with E-state index >= 15 is 0 Å². The lowest BCUT2D eigenvalue weighted by molar-refractivity contribution is -0.130. The van der Waals surface area contributed by atoms with Crippen LogP contribution in [0.5, 0.6) is 0 Å². The van der Waals surface area contributed by atoms with Gasteiger partial charge in [-0.05, 0) is 49.2 Å². The number of aryl methyl sites for hydroxylation is 1. The van der Waals surface area contributed by atoms with Crippen LogP contribution in [0.1, 0.15) is 29.3 Å². The molecule has 3 aromatic rings. The molecule has 0 spiro atoms. The number of rotatable bonds is 4. The first-order chi connectivity index (χ1) is 15.2.